The van der Waals surface area contributed by atoms with Crippen LogP contribution in [0.25, 0.3) is 6.08 Å². The Balaban J connectivity index is 3.07. The van der Waals surface area contributed by atoms with E-state index in [1.54, 1.807) is 11.8 Å². The largest absolute Gasteiger partial charge is 0.326 e. The number of nitrogens with zero attached hydrogens (tertiary/aromatic N) is 1. The molecule has 1 rings (SSSR count). The van der Waals surface area contributed by atoms with Gasteiger partial charge in [0.15, 0.2) is 0 Å². The molecule has 0 bridgehead atoms. The lowest BCUT2D eigenvalue weighted by Crippen LogP contribution is -2.00. The monoisotopic (exact) mass is 208 g/mol. The summed E-state index contributed by atoms with van der Waals surface area (Å²) in [5.41, 5.74) is 8.98. The van der Waals surface area contributed by atoms with Crippen LogP contribution in [0.3, 0.4) is 0 Å². The fraction of sp³-hybridized carbons (Fsp3) is 0.364. The summed E-state index contributed by atoms with van der Waals surface area (Å²) >= 11 is 1.64. The Morgan fingerprint density at radius 1 is 1.50 bits per heavy atom. The van der Waals surface area contributed by atoms with Gasteiger partial charge in [-0.15, -0.1) is 11.8 Å². The maximum atomic E-state index is 5.61. The summed E-state index contributed by atoms with van der Waals surface area (Å²) in [4.78, 5) is 4.51. The molecule has 0 aliphatic rings. The van der Waals surface area contributed by atoms with E-state index in [-0.39, 0.29) is 0 Å². The number of thioether (sulfide) groups is 1. The van der Waals surface area contributed by atoms with Crippen LogP contribution >= 0.6 is 11.8 Å². The molecule has 0 aromatic carbocycles. The molecule has 0 unspecified atom stereocenters. The number of hydrogen-bond acceptors (Lipinski definition) is 3. The van der Waals surface area contributed by atoms with Crippen molar-refractivity contribution in [1.29, 1.82) is 0 Å². The molecular formula is C11H16N2S. The Kier molecular flexibility index (Phi) is 4.17. The summed E-state index contributed by atoms with van der Waals surface area (Å²) in [5, 5.41) is 1.03. The van der Waals surface area contributed by atoms with E-state index >= 15 is 0 Å². The first-order valence-electron chi connectivity index (χ1n) is 4.56. The van der Waals surface area contributed by atoms with Crippen molar-refractivity contribution in [3.05, 3.63) is 29.0 Å². The van der Waals surface area contributed by atoms with E-state index < -0.39 is 0 Å². The lowest BCUT2D eigenvalue weighted by atomic mass is 10.2. The van der Waals surface area contributed by atoms with Gasteiger partial charge >= 0.3 is 0 Å². The average Bonchev–Trinajstić information content (AvgIpc) is 2.16. The molecule has 1 heterocycles. The molecule has 14 heavy (non-hydrogen) atoms. The van der Waals surface area contributed by atoms with E-state index in [4.69, 9.17) is 5.73 Å². The predicted molar refractivity (Wildman–Crippen MR) is 63.2 cm³/mol. The van der Waals surface area contributed by atoms with Gasteiger partial charge in [-0.25, -0.2) is 4.98 Å². The van der Waals surface area contributed by atoms with Crippen LogP contribution in [0.5, 0.6) is 0 Å². The first-order valence-corrected chi connectivity index (χ1v) is 5.78. The Labute approximate surface area is 89.6 Å². The van der Waals surface area contributed by atoms with E-state index in [0.717, 1.165) is 16.3 Å². The molecule has 0 atom stereocenters. The highest BCUT2D eigenvalue weighted by Crippen LogP contribution is 2.18. The van der Waals surface area contributed by atoms with Crippen molar-refractivity contribution >= 4 is 17.8 Å². The van der Waals surface area contributed by atoms with Gasteiger partial charge in [0.2, 0.25) is 0 Å². The second-order valence-corrected chi connectivity index (χ2v) is 4.13. The predicted octanol–water partition coefficient (Wildman–Crippen LogP) is 2.69. The van der Waals surface area contributed by atoms with Gasteiger partial charge in [-0.2, -0.15) is 0 Å². The van der Waals surface area contributed by atoms with Crippen LogP contribution in [0.2, 0.25) is 0 Å². The van der Waals surface area contributed by atoms with Crippen molar-refractivity contribution < 1.29 is 0 Å². The number of nitrogens with two attached hydrogens (primary N) is 1. The molecule has 0 radical (unpaired) electrons. The fourth-order valence-electron chi connectivity index (χ4n) is 1.19. The number of pyridine rings is 1. The first-order chi connectivity index (χ1) is 6.67. The van der Waals surface area contributed by atoms with Crippen molar-refractivity contribution in [3.63, 3.8) is 0 Å². The number of aromatic nitrogens is 1. The summed E-state index contributed by atoms with van der Waals surface area (Å²) in [6.07, 6.45) is 4.09. The highest BCUT2D eigenvalue weighted by Gasteiger charge is 2.01. The molecule has 0 saturated heterocycles. The van der Waals surface area contributed by atoms with Crippen LogP contribution in [0, 0.1) is 0 Å². The molecule has 0 fully saturated rings. The molecule has 0 spiro atoms. The minimum absolute atomic E-state index is 0.554. The number of rotatable bonds is 3. The third-order valence-corrected chi connectivity index (χ3v) is 2.55. The van der Waals surface area contributed by atoms with Crippen molar-refractivity contribution in [2.75, 3.05) is 6.26 Å². The zero-order chi connectivity index (χ0) is 10.6. The van der Waals surface area contributed by atoms with E-state index in [9.17, 15) is 0 Å². The molecule has 2 N–H and O–H groups in total. The highest BCUT2D eigenvalue weighted by molar-refractivity contribution is 7.98. The molecule has 3 heteroatoms. The van der Waals surface area contributed by atoms with Crippen LogP contribution in [0.1, 0.15) is 25.1 Å². The quantitative estimate of drug-likeness (QED) is 0.776. The van der Waals surface area contributed by atoms with E-state index in [0.29, 0.717) is 6.54 Å². The third kappa shape index (κ3) is 2.86. The van der Waals surface area contributed by atoms with Crippen LogP contribution in [0.4, 0.5) is 0 Å². The molecule has 0 amide bonds. The molecule has 1 aromatic heterocycles. The van der Waals surface area contributed by atoms with E-state index in [1.807, 2.05) is 18.4 Å². The minimum Gasteiger partial charge on any atom is -0.326 e. The summed E-state index contributed by atoms with van der Waals surface area (Å²) < 4.78 is 0. The topological polar surface area (TPSA) is 38.9 Å². The van der Waals surface area contributed by atoms with Gasteiger partial charge in [-0.3, -0.25) is 0 Å². The molecule has 0 aliphatic heterocycles. The maximum absolute atomic E-state index is 5.61. The molecule has 1 aromatic rings. The summed E-state index contributed by atoms with van der Waals surface area (Å²) in [5.74, 6) is 0. The van der Waals surface area contributed by atoms with E-state index in [1.165, 1.54) is 5.57 Å². The SMILES string of the molecule is CSc1nc(C=C(C)C)ccc1CN. The molecule has 76 valence electrons. The van der Waals surface area contributed by atoms with Crippen molar-refractivity contribution in [2.45, 2.75) is 25.4 Å². The second kappa shape index (κ2) is 5.17. The van der Waals surface area contributed by atoms with Crippen LogP contribution < -0.4 is 5.73 Å². The summed E-state index contributed by atoms with van der Waals surface area (Å²) in [7, 11) is 0. The third-order valence-electron chi connectivity index (χ3n) is 1.81. The number of hydrogen-bond donors (Lipinski definition) is 1. The Morgan fingerprint density at radius 3 is 2.71 bits per heavy atom. The molecular weight excluding hydrogens is 192 g/mol. The van der Waals surface area contributed by atoms with Gasteiger partial charge < -0.3 is 5.73 Å². The second-order valence-electron chi connectivity index (χ2n) is 3.33. The molecule has 0 saturated carbocycles. The van der Waals surface area contributed by atoms with Crippen LogP contribution in [-0.2, 0) is 6.54 Å². The van der Waals surface area contributed by atoms with Crippen molar-refractivity contribution in [1.82, 2.24) is 4.98 Å². The number of allylic oxidation sites excluding steroid dienone is 1. The van der Waals surface area contributed by atoms with Crippen LogP contribution in [0.15, 0.2) is 22.7 Å². The van der Waals surface area contributed by atoms with Gasteiger partial charge in [0.25, 0.3) is 0 Å². The molecule has 2 nitrogen and oxygen atoms in total. The summed E-state index contributed by atoms with van der Waals surface area (Å²) in [6, 6.07) is 4.06. The van der Waals surface area contributed by atoms with E-state index in [2.05, 4.69) is 24.9 Å². The zero-order valence-corrected chi connectivity index (χ0v) is 9.69. The van der Waals surface area contributed by atoms with Crippen LogP contribution in [-0.4, -0.2) is 11.2 Å². The highest BCUT2D eigenvalue weighted by atomic mass is 32.2. The Morgan fingerprint density at radius 2 is 2.21 bits per heavy atom. The normalized spacial score (nSPS) is 10.0. The van der Waals surface area contributed by atoms with Crippen molar-refractivity contribution in [3.8, 4) is 0 Å². The van der Waals surface area contributed by atoms with Gasteiger partial charge in [0.1, 0.15) is 5.03 Å². The van der Waals surface area contributed by atoms with Gasteiger partial charge in [-0.05, 0) is 37.8 Å². The van der Waals surface area contributed by atoms with Gasteiger partial charge in [0.05, 0.1) is 5.69 Å². The van der Waals surface area contributed by atoms with Crippen molar-refractivity contribution in [2.24, 2.45) is 5.73 Å². The summed E-state index contributed by atoms with van der Waals surface area (Å²) in [6.45, 7) is 4.69. The average molecular weight is 208 g/mol. The minimum atomic E-state index is 0.554. The fourth-order valence-corrected chi connectivity index (χ4v) is 1.80. The van der Waals surface area contributed by atoms with Gasteiger partial charge in [0, 0.05) is 6.54 Å². The molecule has 0 aliphatic carbocycles. The Bertz CT molecular complexity index is 341. The first kappa shape index (κ1) is 11.3. The standard InChI is InChI=1S/C11H16N2S/c1-8(2)6-10-5-4-9(7-12)11(13-10)14-3/h4-6H,7,12H2,1-3H3. The van der Waals surface area contributed by atoms with Gasteiger partial charge in [-0.1, -0.05) is 11.6 Å². The lowest BCUT2D eigenvalue weighted by molar-refractivity contribution is 0.959. The maximum Gasteiger partial charge on any atom is 0.101 e. The zero-order valence-electron chi connectivity index (χ0n) is 8.87. The smallest absolute Gasteiger partial charge is 0.101 e. The Hall–Kier alpha value is -0.800. The lowest BCUT2D eigenvalue weighted by Gasteiger charge is -2.04.